The molecule has 0 aromatic carbocycles. The van der Waals surface area contributed by atoms with Crippen LogP contribution in [0.1, 0.15) is 59.4 Å². The Morgan fingerprint density at radius 3 is 2.52 bits per heavy atom. The van der Waals surface area contributed by atoms with Gasteiger partial charge in [-0.25, -0.2) is 0 Å². The molecule has 1 fully saturated rings. The molecule has 2 heterocycles. The standard InChI is InChI=1S/C16H14O5/c17-10-8-16(5-2-1-3-6-16)21-15-11(10)12(18)9-4-7-20-14(9)13(15)19/h4,7H,1-3,5-6,8H2. The van der Waals surface area contributed by atoms with E-state index in [0.717, 1.165) is 32.1 Å². The van der Waals surface area contributed by atoms with Gasteiger partial charge in [0.1, 0.15) is 11.2 Å². The summed E-state index contributed by atoms with van der Waals surface area (Å²) in [5.74, 6) is -1.32. The van der Waals surface area contributed by atoms with Gasteiger partial charge in [-0.15, -0.1) is 0 Å². The molecular formula is C16H14O5. The van der Waals surface area contributed by atoms with Gasteiger partial charge in [0.15, 0.2) is 17.3 Å². The molecule has 0 atom stereocenters. The van der Waals surface area contributed by atoms with E-state index in [1.807, 2.05) is 0 Å². The minimum absolute atomic E-state index is 0.0144. The highest BCUT2D eigenvalue weighted by Gasteiger charge is 2.49. The molecule has 3 aliphatic rings. The first kappa shape index (κ1) is 12.6. The van der Waals surface area contributed by atoms with Crippen molar-refractivity contribution in [1.82, 2.24) is 0 Å². The maximum absolute atomic E-state index is 12.4. The van der Waals surface area contributed by atoms with Crippen molar-refractivity contribution in [3.05, 3.63) is 35.0 Å². The van der Waals surface area contributed by atoms with E-state index in [9.17, 15) is 14.4 Å². The zero-order valence-electron chi connectivity index (χ0n) is 11.4. The number of allylic oxidation sites excluding steroid dienone is 2. The molecule has 0 amide bonds. The molecule has 5 heteroatoms. The largest absolute Gasteiger partial charge is 0.482 e. The zero-order valence-corrected chi connectivity index (χ0v) is 11.4. The van der Waals surface area contributed by atoms with Crippen molar-refractivity contribution in [2.24, 2.45) is 0 Å². The molecule has 4 rings (SSSR count). The summed E-state index contributed by atoms with van der Waals surface area (Å²) < 4.78 is 11.0. The summed E-state index contributed by atoms with van der Waals surface area (Å²) in [5.41, 5.74) is -0.533. The van der Waals surface area contributed by atoms with Gasteiger partial charge in [0, 0.05) is 0 Å². The molecule has 2 aliphatic carbocycles. The lowest BCUT2D eigenvalue weighted by molar-refractivity contribution is -0.127. The molecule has 0 bridgehead atoms. The second-order valence-corrected chi connectivity index (χ2v) is 5.97. The summed E-state index contributed by atoms with van der Waals surface area (Å²) in [6, 6.07) is 1.43. The average Bonchev–Trinajstić information content (AvgIpc) is 2.95. The minimum Gasteiger partial charge on any atom is -0.482 e. The molecular weight excluding hydrogens is 272 g/mol. The Bertz CT molecular complexity index is 700. The maximum atomic E-state index is 12.4. The number of rotatable bonds is 0. The van der Waals surface area contributed by atoms with Crippen LogP contribution >= 0.6 is 0 Å². The monoisotopic (exact) mass is 286 g/mol. The lowest BCUT2D eigenvalue weighted by Crippen LogP contribution is -2.45. The molecule has 0 saturated heterocycles. The van der Waals surface area contributed by atoms with Crippen molar-refractivity contribution in [3.63, 3.8) is 0 Å². The molecule has 1 aromatic heterocycles. The van der Waals surface area contributed by atoms with Crippen molar-refractivity contribution in [3.8, 4) is 0 Å². The Kier molecular flexibility index (Phi) is 2.49. The van der Waals surface area contributed by atoms with Gasteiger partial charge in [-0.05, 0) is 31.7 Å². The molecule has 0 N–H and O–H groups in total. The molecule has 1 saturated carbocycles. The van der Waals surface area contributed by atoms with E-state index in [1.165, 1.54) is 12.3 Å². The number of carbonyl (C=O) groups is 3. The highest BCUT2D eigenvalue weighted by Crippen LogP contribution is 2.43. The van der Waals surface area contributed by atoms with E-state index in [-0.39, 0.29) is 34.9 Å². The maximum Gasteiger partial charge on any atom is 0.264 e. The Hall–Kier alpha value is -2.17. The second kappa shape index (κ2) is 4.16. The molecule has 0 unspecified atom stereocenters. The quantitative estimate of drug-likeness (QED) is 0.685. The van der Waals surface area contributed by atoms with Gasteiger partial charge >= 0.3 is 0 Å². The number of ketones is 3. The Labute approximate surface area is 120 Å². The van der Waals surface area contributed by atoms with Crippen LogP contribution < -0.4 is 0 Å². The van der Waals surface area contributed by atoms with E-state index >= 15 is 0 Å². The number of ether oxygens (including phenoxy) is 1. The second-order valence-electron chi connectivity index (χ2n) is 5.97. The third-order valence-electron chi connectivity index (χ3n) is 4.62. The van der Waals surface area contributed by atoms with E-state index in [0.29, 0.717) is 0 Å². The Morgan fingerprint density at radius 1 is 1.00 bits per heavy atom. The summed E-state index contributed by atoms with van der Waals surface area (Å²) in [4.78, 5) is 37.3. The van der Waals surface area contributed by atoms with Gasteiger partial charge in [-0.3, -0.25) is 14.4 Å². The normalized spacial score (nSPS) is 23.9. The van der Waals surface area contributed by atoms with Crippen LogP contribution in [0.5, 0.6) is 0 Å². The SMILES string of the molecule is O=C1CC2(CCCCC2)OC2=C1C(=O)c1ccoc1C2=O. The topological polar surface area (TPSA) is 73.6 Å². The van der Waals surface area contributed by atoms with Gasteiger partial charge < -0.3 is 9.15 Å². The van der Waals surface area contributed by atoms with Crippen molar-refractivity contribution >= 4 is 17.3 Å². The first-order valence-electron chi connectivity index (χ1n) is 7.25. The van der Waals surface area contributed by atoms with E-state index in [2.05, 4.69) is 0 Å². The van der Waals surface area contributed by atoms with E-state index in [1.54, 1.807) is 0 Å². The first-order valence-corrected chi connectivity index (χ1v) is 7.25. The summed E-state index contributed by atoms with van der Waals surface area (Å²) in [5, 5.41) is 0. The molecule has 0 radical (unpaired) electrons. The molecule has 5 nitrogen and oxygen atoms in total. The first-order chi connectivity index (χ1) is 10.1. The highest BCUT2D eigenvalue weighted by atomic mass is 16.5. The van der Waals surface area contributed by atoms with Crippen molar-refractivity contribution in [2.75, 3.05) is 0 Å². The van der Waals surface area contributed by atoms with Crippen LogP contribution in [0.3, 0.4) is 0 Å². The van der Waals surface area contributed by atoms with E-state index in [4.69, 9.17) is 9.15 Å². The summed E-state index contributed by atoms with van der Waals surface area (Å²) in [7, 11) is 0. The van der Waals surface area contributed by atoms with Crippen LogP contribution in [0.4, 0.5) is 0 Å². The van der Waals surface area contributed by atoms with Crippen LogP contribution in [-0.2, 0) is 9.53 Å². The number of furan rings is 1. The van der Waals surface area contributed by atoms with Crippen LogP contribution in [0.15, 0.2) is 28.1 Å². The van der Waals surface area contributed by atoms with Crippen molar-refractivity contribution < 1.29 is 23.5 Å². The predicted octanol–water partition coefficient (Wildman–Crippen LogP) is 2.61. The zero-order chi connectivity index (χ0) is 14.6. The van der Waals surface area contributed by atoms with E-state index < -0.39 is 17.2 Å². The molecule has 1 aliphatic heterocycles. The number of hydrogen-bond donors (Lipinski definition) is 0. The van der Waals surface area contributed by atoms with Gasteiger partial charge in [0.2, 0.25) is 5.78 Å². The third kappa shape index (κ3) is 1.66. The fourth-order valence-electron chi connectivity index (χ4n) is 3.58. The Balaban J connectivity index is 1.82. The fraction of sp³-hybridized carbons (Fsp3) is 0.438. The smallest absolute Gasteiger partial charge is 0.264 e. The van der Waals surface area contributed by atoms with Crippen LogP contribution in [0, 0.1) is 0 Å². The number of Topliss-reactive ketones (excluding diaryl/α,β-unsaturated/α-hetero) is 3. The minimum atomic E-state index is -0.603. The highest BCUT2D eigenvalue weighted by molar-refractivity contribution is 6.36. The lowest BCUT2D eigenvalue weighted by atomic mass is 9.76. The van der Waals surface area contributed by atoms with Crippen LogP contribution in [0.2, 0.25) is 0 Å². The van der Waals surface area contributed by atoms with Crippen molar-refractivity contribution in [2.45, 2.75) is 44.1 Å². The Morgan fingerprint density at radius 2 is 1.76 bits per heavy atom. The molecule has 1 spiro atoms. The van der Waals surface area contributed by atoms with Gasteiger partial charge in [0.05, 0.1) is 18.2 Å². The predicted molar refractivity (Wildman–Crippen MR) is 70.9 cm³/mol. The number of hydrogen-bond acceptors (Lipinski definition) is 5. The number of fused-ring (bicyclic) bond motifs is 1. The van der Waals surface area contributed by atoms with Crippen LogP contribution in [0.25, 0.3) is 0 Å². The van der Waals surface area contributed by atoms with Gasteiger partial charge in [-0.1, -0.05) is 6.42 Å². The number of carbonyl (C=O) groups excluding carboxylic acids is 3. The summed E-state index contributed by atoms with van der Waals surface area (Å²) in [6.07, 6.45) is 6.05. The summed E-state index contributed by atoms with van der Waals surface area (Å²) in [6.45, 7) is 0. The van der Waals surface area contributed by atoms with Gasteiger partial charge in [0.25, 0.3) is 5.78 Å². The molecule has 1 aromatic rings. The summed E-state index contributed by atoms with van der Waals surface area (Å²) >= 11 is 0. The van der Waals surface area contributed by atoms with Crippen molar-refractivity contribution in [1.29, 1.82) is 0 Å². The average molecular weight is 286 g/mol. The molecule has 108 valence electrons. The lowest BCUT2D eigenvalue weighted by Gasteiger charge is -2.41. The third-order valence-corrected chi connectivity index (χ3v) is 4.62. The molecule has 21 heavy (non-hydrogen) atoms. The fourth-order valence-corrected chi connectivity index (χ4v) is 3.58. The van der Waals surface area contributed by atoms with Crippen LogP contribution in [-0.4, -0.2) is 23.0 Å². The van der Waals surface area contributed by atoms with Gasteiger partial charge in [-0.2, -0.15) is 0 Å².